The molecule has 2 aromatic rings. The van der Waals surface area contributed by atoms with E-state index in [4.69, 9.17) is 11.6 Å². The molecule has 88 valence electrons. The average molecular weight is 270 g/mol. The molecule has 0 N–H and O–H groups in total. The molecule has 0 spiro atoms. The van der Waals surface area contributed by atoms with Crippen molar-refractivity contribution >= 4 is 28.7 Å². The van der Waals surface area contributed by atoms with Gasteiger partial charge in [-0.05, 0) is 11.6 Å². The maximum absolute atomic E-state index is 13.4. The molecule has 0 aliphatic heterocycles. The molecule has 0 atom stereocenters. The van der Waals surface area contributed by atoms with E-state index in [1.165, 1.54) is 17.4 Å². The van der Waals surface area contributed by atoms with Crippen molar-refractivity contribution in [2.75, 3.05) is 5.88 Å². The number of alkyl halides is 1. The van der Waals surface area contributed by atoms with Crippen LogP contribution in [0.25, 0.3) is 0 Å². The molecule has 2 nitrogen and oxygen atoms in total. The van der Waals surface area contributed by atoms with Gasteiger partial charge in [-0.1, -0.05) is 18.2 Å². The van der Waals surface area contributed by atoms with Crippen LogP contribution in [-0.4, -0.2) is 16.6 Å². The molecular formula is C12H9ClFNOS. The standard InChI is InChI=1S/C12H9ClFNOS/c13-6-11(16)10-7-17-12(15-10)5-8-3-1-2-4-9(8)14/h1-4,7H,5-6H2. The van der Waals surface area contributed by atoms with Crippen LogP contribution in [0, 0.1) is 5.82 Å². The second-order valence-electron chi connectivity index (χ2n) is 3.45. The van der Waals surface area contributed by atoms with Crippen molar-refractivity contribution in [1.29, 1.82) is 0 Å². The molecule has 0 saturated carbocycles. The van der Waals surface area contributed by atoms with Crippen LogP contribution in [0.1, 0.15) is 21.1 Å². The van der Waals surface area contributed by atoms with Gasteiger partial charge < -0.3 is 0 Å². The summed E-state index contributed by atoms with van der Waals surface area (Å²) in [6.07, 6.45) is 0.396. The van der Waals surface area contributed by atoms with Gasteiger partial charge in [-0.2, -0.15) is 0 Å². The number of aromatic nitrogens is 1. The zero-order chi connectivity index (χ0) is 12.3. The first kappa shape index (κ1) is 12.2. The Bertz CT molecular complexity index is 541. The van der Waals surface area contributed by atoms with E-state index in [0.717, 1.165) is 0 Å². The van der Waals surface area contributed by atoms with Crippen LogP contribution in [0.15, 0.2) is 29.6 Å². The van der Waals surface area contributed by atoms with Crippen LogP contribution in [0.4, 0.5) is 4.39 Å². The SMILES string of the molecule is O=C(CCl)c1csc(Cc2ccccc2F)n1. The van der Waals surface area contributed by atoms with Crippen molar-refractivity contribution in [3.8, 4) is 0 Å². The number of Topliss-reactive ketones (excluding diaryl/α,β-unsaturated/α-hetero) is 1. The molecule has 1 aromatic heterocycles. The summed E-state index contributed by atoms with van der Waals surface area (Å²) in [5.74, 6) is -0.543. The highest BCUT2D eigenvalue weighted by atomic mass is 35.5. The van der Waals surface area contributed by atoms with E-state index in [0.29, 0.717) is 22.7 Å². The molecule has 17 heavy (non-hydrogen) atoms. The number of hydrogen-bond donors (Lipinski definition) is 0. The number of halogens is 2. The number of benzene rings is 1. The Morgan fingerprint density at radius 1 is 1.41 bits per heavy atom. The summed E-state index contributed by atoms with van der Waals surface area (Å²) in [6, 6.07) is 6.54. The third-order valence-electron chi connectivity index (χ3n) is 2.26. The van der Waals surface area contributed by atoms with Gasteiger partial charge in [0.2, 0.25) is 0 Å². The van der Waals surface area contributed by atoms with E-state index < -0.39 is 0 Å². The van der Waals surface area contributed by atoms with Gasteiger partial charge in [0.25, 0.3) is 0 Å². The molecule has 0 amide bonds. The first-order valence-electron chi connectivity index (χ1n) is 4.97. The molecule has 0 saturated heterocycles. The van der Waals surface area contributed by atoms with Gasteiger partial charge in [-0.15, -0.1) is 22.9 Å². The number of ketones is 1. The molecule has 1 heterocycles. The number of rotatable bonds is 4. The fraction of sp³-hybridized carbons (Fsp3) is 0.167. The Kier molecular flexibility index (Phi) is 3.86. The van der Waals surface area contributed by atoms with E-state index >= 15 is 0 Å². The summed E-state index contributed by atoms with van der Waals surface area (Å²) in [5.41, 5.74) is 0.933. The second kappa shape index (κ2) is 5.38. The number of carbonyl (C=O) groups is 1. The van der Waals surface area contributed by atoms with Gasteiger partial charge in [-0.3, -0.25) is 4.79 Å². The molecule has 1 aromatic carbocycles. The highest BCUT2D eigenvalue weighted by molar-refractivity contribution is 7.09. The smallest absolute Gasteiger partial charge is 0.196 e. The Labute approximate surface area is 107 Å². The lowest BCUT2D eigenvalue weighted by atomic mass is 10.1. The maximum atomic E-state index is 13.4. The summed E-state index contributed by atoms with van der Waals surface area (Å²) < 4.78 is 13.4. The molecule has 0 fully saturated rings. The van der Waals surface area contributed by atoms with Crippen molar-refractivity contribution < 1.29 is 9.18 Å². The maximum Gasteiger partial charge on any atom is 0.196 e. The third kappa shape index (κ3) is 2.90. The van der Waals surface area contributed by atoms with Crippen LogP contribution >= 0.6 is 22.9 Å². The number of hydrogen-bond acceptors (Lipinski definition) is 3. The van der Waals surface area contributed by atoms with Crippen molar-refractivity contribution in [2.45, 2.75) is 6.42 Å². The van der Waals surface area contributed by atoms with Crippen LogP contribution in [0.5, 0.6) is 0 Å². The second-order valence-corrected chi connectivity index (χ2v) is 4.66. The highest BCUT2D eigenvalue weighted by Gasteiger charge is 2.11. The van der Waals surface area contributed by atoms with Gasteiger partial charge in [-0.25, -0.2) is 9.37 Å². The van der Waals surface area contributed by atoms with Crippen LogP contribution < -0.4 is 0 Å². The normalized spacial score (nSPS) is 10.5. The zero-order valence-corrected chi connectivity index (χ0v) is 10.4. The van der Waals surface area contributed by atoms with Crippen molar-refractivity contribution in [3.05, 3.63) is 51.7 Å². The Balaban J connectivity index is 2.17. The van der Waals surface area contributed by atoms with Crippen molar-refractivity contribution in [3.63, 3.8) is 0 Å². The predicted octanol–water partition coefficient (Wildman–Crippen LogP) is 3.29. The largest absolute Gasteiger partial charge is 0.291 e. The zero-order valence-electron chi connectivity index (χ0n) is 8.82. The van der Waals surface area contributed by atoms with E-state index in [9.17, 15) is 9.18 Å². The van der Waals surface area contributed by atoms with Crippen LogP contribution in [-0.2, 0) is 6.42 Å². The molecule has 2 rings (SSSR count). The van der Waals surface area contributed by atoms with Gasteiger partial charge in [0, 0.05) is 11.8 Å². The molecule has 0 bridgehead atoms. The summed E-state index contributed by atoms with van der Waals surface area (Å²) in [5, 5.41) is 2.37. The van der Waals surface area contributed by atoms with Gasteiger partial charge in [0.15, 0.2) is 5.78 Å². The molecule has 0 radical (unpaired) electrons. The van der Waals surface area contributed by atoms with Crippen molar-refractivity contribution in [1.82, 2.24) is 4.98 Å². The summed E-state index contributed by atoms with van der Waals surface area (Å²) in [4.78, 5) is 15.4. The molecule has 0 unspecified atom stereocenters. The fourth-order valence-electron chi connectivity index (χ4n) is 1.39. The minimum absolute atomic E-state index is 0.0805. The number of thiazole rings is 1. The van der Waals surface area contributed by atoms with Gasteiger partial charge in [0.05, 0.1) is 10.9 Å². The topological polar surface area (TPSA) is 30.0 Å². The first-order valence-corrected chi connectivity index (χ1v) is 6.39. The average Bonchev–Trinajstić information content (AvgIpc) is 2.80. The number of nitrogens with zero attached hydrogens (tertiary/aromatic N) is 1. The highest BCUT2D eigenvalue weighted by Crippen LogP contribution is 2.17. The third-order valence-corrected chi connectivity index (χ3v) is 3.35. The summed E-state index contributed by atoms with van der Waals surface area (Å²) >= 11 is 6.78. The van der Waals surface area contributed by atoms with Crippen LogP contribution in [0.3, 0.4) is 0 Å². The van der Waals surface area contributed by atoms with Crippen LogP contribution in [0.2, 0.25) is 0 Å². The lowest BCUT2D eigenvalue weighted by molar-refractivity contribution is 0.101. The Morgan fingerprint density at radius 3 is 2.88 bits per heavy atom. The van der Waals surface area contributed by atoms with E-state index in [1.807, 2.05) is 0 Å². The van der Waals surface area contributed by atoms with E-state index in [1.54, 1.807) is 23.6 Å². The van der Waals surface area contributed by atoms with E-state index in [-0.39, 0.29) is 17.5 Å². The summed E-state index contributed by atoms with van der Waals surface area (Å²) in [6.45, 7) is 0. The monoisotopic (exact) mass is 269 g/mol. The predicted molar refractivity (Wildman–Crippen MR) is 66.4 cm³/mol. The minimum Gasteiger partial charge on any atom is -0.291 e. The Hall–Kier alpha value is -1.26. The van der Waals surface area contributed by atoms with E-state index in [2.05, 4.69) is 4.98 Å². The molecule has 5 heteroatoms. The first-order chi connectivity index (χ1) is 8.20. The molecule has 0 aliphatic rings. The number of carbonyl (C=O) groups excluding carboxylic acids is 1. The molecule has 0 aliphatic carbocycles. The minimum atomic E-state index is -0.257. The molecular weight excluding hydrogens is 261 g/mol. The van der Waals surface area contributed by atoms with Gasteiger partial charge in [0.1, 0.15) is 11.5 Å². The fourth-order valence-corrected chi connectivity index (χ4v) is 2.35. The lowest BCUT2D eigenvalue weighted by Gasteiger charge is -1.99. The van der Waals surface area contributed by atoms with Gasteiger partial charge >= 0.3 is 0 Å². The summed E-state index contributed by atoms with van der Waals surface area (Å²) in [7, 11) is 0. The lowest BCUT2D eigenvalue weighted by Crippen LogP contribution is -2.01. The quantitative estimate of drug-likeness (QED) is 0.630. The Morgan fingerprint density at radius 2 is 2.18 bits per heavy atom. The van der Waals surface area contributed by atoms with Crippen molar-refractivity contribution in [2.24, 2.45) is 0 Å².